The Balaban J connectivity index is 1.95. The third-order valence-corrected chi connectivity index (χ3v) is 5.95. The molecule has 2 aliphatic rings. The van der Waals surface area contributed by atoms with Crippen LogP contribution in [0.4, 0.5) is 0 Å². The van der Waals surface area contributed by atoms with Crippen LogP contribution in [0.25, 0.3) is 0 Å². The third-order valence-electron chi connectivity index (χ3n) is 5.95. The number of carbonyl (C=O) groups excluding carboxylic acids is 2. The largest absolute Gasteiger partial charge is 0.493 e. The summed E-state index contributed by atoms with van der Waals surface area (Å²) in [6, 6.07) is 5.11. The first kappa shape index (κ1) is 20.5. The molecular formula is C22H32N2O4. The summed E-state index contributed by atoms with van der Waals surface area (Å²) in [4.78, 5) is 30.2. The van der Waals surface area contributed by atoms with Gasteiger partial charge >= 0.3 is 0 Å². The number of piperazine rings is 1. The van der Waals surface area contributed by atoms with Crippen molar-refractivity contribution in [1.82, 2.24) is 9.80 Å². The molecule has 1 aliphatic heterocycles. The third kappa shape index (κ3) is 4.10. The number of ether oxygens (including phenoxy) is 2. The summed E-state index contributed by atoms with van der Waals surface area (Å²) >= 11 is 0. The molecule has 1 aliphatic carbocycles. The molecule has 0 bridgehead atoms. The molecule has 1 aromatic rings. The number of carbonyl (C=O) groups is 2. The molecule has 28 heavy (non-hydrogen) atoms. The summed E-state index contributed by atoms with van der Waals surface area (Å²) in [6.07, 6.45) is 7.31. The summed E-state index contributed by atoms with van der Waals surface area (Å²) in [6.45, 7) is 2.89. The second kappa shape index (κ2) is 9.30. The van der Waals surface area contributed by atoms with Gasteiger partial charge in [0.1, 0.15) is 12.6 Å². The molecule has 6 nitrogen and oxygen atoms in total. The molecule has 1 saturated carbocycles. The van der Waals surface area contributed by atoms with Crippen molar-refractivity contribution in [3.05, 3.63) is 23.8 Å². The second-order valence-corrected chi connectivity index (χ2v) is 7.72. The molecule has 1 atom stereocenters. The van der Waals surface area contributed by atoms with Crippen molar-refractivity contribution in [2.24, 2.45) is 0 Å². The number of methoxy groups -OCH3 is 2. The van der Waals surface area contributed by atoms with E-state index in [-0.39, 0.29) is 24.4 Å². The van der Waals surface area contributed by atoms with Crippen LogP contribution in [-0.2, 0) is 9.59 Å². The molecule has 1 saturated heterocycles. The molecule has 3 rings (SSSR count). The minimum Gasteiger partial charge on any atom is -0.493 e. The molecule has 0 N–H and O–H groups in total. The molecule has 2 fully saturated rings. The van der Waals surface area contributed by atoms with Crippen LogP contribution in [-0.4, -0.2) is 55.0 Å². The topological polar surface area (TPSA) is 59.1 Å². The van der Waals surface area contributed by atoms with Crippen LogP contribution in [0.3, 0.4) is 0 Å². The molecule has 6 heteroatoms. The smallest absolute Gasteiger partial charge is 0.250 e. The average molecular weight is 389 g/mol. The van der Waals surface area contributed by atoms with Gasteiger partial charge in [0.2, 0.25) is 5.91 Å². The van der Waals surface area contributed by atoms with Gasteiger partial charge in [-0.3, -0.25) is 9.59 Å². The van der Waals surface area contributed by atoms with Crippen LogP contribution in [0.5, 0.6) is 11.5 Å². The van der Waals surface area contributed by atoms with Crippen molar-refractivity contribution in [2.45, 2.75) is 64.0 Å². The van der Waals surface area contributed by atoms with E-state index in [9.17, 15) is 9.59 Å². The minimum atomic E-state index is -0.588. The summed E-state index contributed by atoms with van der Waals surface area (Å²) in [5.41, 5.74) is 0.785. The predicted octanol–water partition coefficient (Wildman–Crippen LogP) is 3.55. The van der Waals surface area contributed by atoms with Crippen molar-refractivity contribution in [2.75, 3.05) is 27.3 Å². The highest BCUT2D eigenvalue weighted by atomic mass is 16.5. The molecule has 0 radical (unpaired) electrons. The average Bonchev–Trinajstić information content (AvgIpc) is 2.74. The first-order valence-corrected chi connectivity index (χ1v) is 10.4. The predicted molar refractivity (Wildman–Crippen MR) is 107 cm³/mol. The molecule has 0 spiro atoms. The molecule has 1 aromatic carbocycles. The Kier molecular flexibility index (Phi) is 6.81. The van der Waals surface area contributed by atoms with Crippen LogP contribution in [0.1, 0.15) is 63.5 Å². The zero-order chi connectivity index (χ0) is 20.1. The van der Waals surface area contributed by atoms with E-state index < -0.39 is 6.04 Å². The van der Waals surface area contributed by atoms with Gasteiger partial charge in [0.25, 0.3) is 5.91 Å². The van der Waals surface area contributed by atoms with Crippen LogP contribution >= 0.6 is 0 Å². The lowest BCUT2D eigenvalue weighted by Crippen LogP contribution is -2.58. The Labute approximate surface area is 167 Å². The standard InChI is InChI=1S/C22H32N2O4/c1-4-5-13-23-20(25)15-24(17-9-7-6-8-10-17)22(26)21(23)16-11-12-18(27-2)19(14-16)28-3/h11-12,14,17,21H,4-10,13,15H2,1-3H3/t21-/m0/s1. The second-order valence-electron chi connectivity index (χ2n) is 7.72. The number of hydrogen-bond donors (Lipinski definition) is 0. The van der Waals surface area contributed by atoms with E-state index >= 15 is 0 Å². The van der Waals surface area contributed by atoms with E-state index in [1.165, 1.54) is 6.42 Å². The minimum absolute atomic E-state index is 0.0369. The van der Waals surface area contributed by atoms with Gasteiger partial charge in [0.15, 0.2) is 11.5 Å². The lowest BCUT2D eigenvalue weighted by Gasteiger charge is -2.44. The molecule has 1 heterocycles. The number of rotatable bonds is 7. The Morgan fingerprint density at radius 1 is 1.04 bits per heavy atom. The Morgan fingerprint density at radius 2 is 1.75 bits per heavy atom. The molecule has 0 unspecified atom stereocenters. The van der Waals surface area contributed by atoms with Crippen molar-refractivity contribution >= 4 is 11.8 Å². The maximum Gasteiger partial charge on any atom is 0.250 e. The molecular weight excluding hydrogens is 356 g/mol. The SMILES string of the molecule is CCCCN1C(=O)CN(C2CCCCC2)C(=O)[C@@H]1c1ccc(OC)c(OC)c1. The van der Waals surface area contributed by atoms with E-state index in [2.05, 4.69) is 6.92 Å². The van der Waals surface area contributed by atoms with Crippen molar-refractivity contribution in [3.63, 3.8) is 0 Å². The van der Waals surface area contributed by atoms with Crippen LogP contribution in [0.2, 0.25) is 0 Å². The first-order chi connectivity index (χ1) is 13.6. The molecule has 2 amide bonds. The van der Waals surface area contributed by atoms with Crippen molar-refractivity contribution < 1.29 is 19.1 Å². The summed E-state index contributed by atoms with van der Waals surface area (Å²) in [5, 5.41) is 0. The van der Waals surface area contributed by atoms with Crippen molar-refractivity contribution in [1.29, 1.82) is 0 Å². The van der Waals surface area contributed by atoms with Crippen LogP contribution < -0.4 is 9.47 Å². The van der Waals surface area contributed by atoms with Gasteiger partial charge in [-0.25, -0.2) is 0 Å². The summed E-state index contributed by atoms with van der Waals surface area (Å²) < 4.78 is 10.8. The highest BCUT2D eigenvalue weighted by molar-refractivity contribution is 5.96. The summed E-state index contributed by atoms with van der Waals surface area (Å²) in [5.74, 6) is 1.27. The van der Waals surface area contributed by atoms with Gasteiger partial charge in [0.05, 0.1) is 14.2 Å². The Bertz CT molecular complexity index is 700. The zero-order valence-corrected chi connectivity index (χ0v) is 17.3. The van der Waals surface area contributed by atoms with Gasteiger partial charge < -0.3 is 19.3 Å². The highest BCUT2D eigenvalue weighted by Crippen LogP contribution is 2.36. The first-order valence-electron chi connectivity index (χ1n) is 10.4. The molecule has 154 valence electrons. The van der Waals surface area contributed by atoms with Gasteiger partial charge in [-0.15, -0.1) is 0 Å². The Hall–Kier alpha value is -2.24. The van der Waals surface area contributed by atoms with E-state index in [0.29, 0.717) is 18.0 Å². The monoisotopic (exact) mass is 388 g/mol. The normalized spacial score (nSPS) is 21.2. The number of unbranched alkanes of at least 4 members (excludes halogenated alkanes) is 1. The van der Waals surface area contributed by atoms with Gasteiger partial charge in [-0.1, -0.05) is 38.7 Å². The maximum atomic E-state index is 13.6. The van der Waals surface area contributed by atoms with Crippen LogP contribution in [0, 0.1) is 0 Å². The van der Waals surface area contributed by atoms with Crippen LogP contribution in [0.15, 0.2) is 18.2 Å². The lowest BCUT2D eigenvalue weighted by molar-refractivity contribution is -0.159. The van der Waals surface area contributed by atoms with Crippen molar-refractivity contribution in [3.8, 4) is 11.5 Å². The fourth-order valence-electron chi connectivity index (χ4n) is 4.38. The van der Waals surface area contributed by atoms with Gasteiger partial charge in [-0.2, -0.15) is 0 Å². The van der Waals surface area contributed by atoms with E-state index in [1.807, 2.05) is 23.1 Å². The molecule has 0 aromatic heterocycles. The van der Waals surface area contributed by atoms with E-state index in [0.717, 1.165) is 44.1 Å². The van der Waals surface area contributed by atoms with Gasteiger partial charge in [-0.05, 0) is 37.0 Å². The fraction of sp³-hybridized carbons (Fsp3) is 0.636. The fourth-order valence-corrected chi connectivity index (χ4v) is 4.38. The number of benzene rings is 1. The lowest BCUT2D eigenvalue weighted by atomic mass is 9.91. The van der Waals surface area contributed by atoms with Gasteiger partial charge in [0, 0.05) is 12.6 Å². The summed E-state index contributed by atoms with van der Waals surface area (Å²) in [7, 11) is 3.17. The zero-order valence-electron chi connectivity index (χ0n) is 17.3. The van der Waals surface area contributed by atoms with E-state index in [1.54, 1.807) is 19.1 Å². The number of nitrogens with zero attached hydrogens (tertiary/aromatic N) is 2. The number of amides is 2. The number of hydrogen-bond acceptors (Lipinski definition) is 4. The maximum absolute atomic E-state index is 13.6. The quantitative estimate of drug-likeness (QED) is 0.717. The highest BCUT2D eigenvalue weighted by Gasteiger charge is 2.42. The Morgan fingerprint density at radius 3 is 2.39 bits per heavy atom. The van der Waals surface area contributed by atoms with E-state index in [4.69, 9.17) is 9.47 Å².